The fraction of sp³-hybridized carbons (Fsp3) is 0.357. The van der Waals surface area contributed by atoms with E-state index in [0.717, 1.165) is 22.3 Å². The predicted octanol–water partition coefficient (Wildman–Crippen LogP) is 3.06. The van der Waals surface area contributed by atoms with E-state index in [0.29, 0.717) is 6.54 Å². The summed E-state index contributed by atoms with van der Waals surface area (Å²) in [5, 5.41) is 4.61. The Bertz CT molecular complexity index is 573. The van der Waals surface area contributed by atoms with Crippen molar-refractivity contribution in [3.63, 3.8) is 0 Å². The third kappa shape index (κ3) is 2.35. The van der Waals surface area contributed by atoms with Gasteiger partial charge in [0.2, 0.25) is 0 Å². The van der Waals surface area contributed by atoms with Crippen molar-refractivity contribution in [2.45, 2.75) is 27.2 Å². The van der Waals surface area contributed by atoms with Gasteiger partial charge in [-0.25, -0.2) is 4.68 Å². The standard InChI is InChI=1S/C14H18BrN3/c1-9-4-5-12(8-14(9)15)18-11(3)13(6-7-16)10(2)17-18/h4-5,8H,6-7,16H2,1-3H3. The Morgan fingerprint density at radius 2 is 2.00 bits per heavy atom. The average Bonchev–Trinajstić information content (AvgIpc) is 2.61. The lowest BCUT2D eigenvalue weighted by atomic mass is 10.1. The zero-order chi connectivity index (χ0) is 13.3. The molecule has 1 aromatic heterocycles. The van der Waals surface area contributed by atoms with Crippen LogP contribution in [0.3, 0.4) is 0 Å². The maximum absolute atomic E-state index is 5.65. The van der Waals surface area contributed by atoms with Gasteiger partial charge in [-0.15, -0.1) is 0 Å². The molecule has 2 rings (SSSR count). The Balaban J connectivity index is 2.50. The SMILES string of the molecule is Cc1ccc(-n2nc(C)c(CCN)c2C)cc1Br. The van der Waals surface area contributed by atoms with Crippen LogP contribution in [0.5, 0.6) is 0 Å². The average molecular weight is 308 g/mol. The number of aromatic nitrogens is 2. The maximum atomic E-state index is 5.65. The quantitative estimate of drug-likeness (QED) is 0.947. The number of hydrogen-bond donors (Lipinski definition) is 1. The normalized spacial score (nSPS) is 10.9. The second kappa shape index (κ2) is 5.24. The molecule has 0 saturated heterocycles. The highest BCUT2D eigenvalue weighted by Gasteiger charge is 2.12. The lowest BCUT2D eigenvalue weighted by molar-refractivity contribution is 0.830. The molecule has 2 aromatic rings. The van der Waals surface area contributed by atoms with Gasteiger partial charge in [-0.2, -0.15) is 5.10 Å². The highest BCUT2D eigenvalue weighted by atomic mass is 79.9. The van der Waals surface area contributed by atoms with E-state index in [1.54, 1.807) is 0 Å². The second-order valence-corrected chi connectivity index (χ2v) is 5.39. The van der Waals surface area contributed by atoms with Crippen LogP contribution in [0.2, 0.25) is 0 Å². The predicted molar refractivity (Wildman–Crippen MR) is 78.2 cm³/mol. The van der Waals surface area contributed by atoms with Gasteiger partial charge in [0.25, 0.3) is 0 Å². The van der Waals surface area contributed by atoms with Crippen LogP contribution in [0.25, 0.3) is 5.69 Å². The van der Waals surface area contributed by atoms with Crippen molar-refractivity contribution >= 4 is 15.9 Å². The number of halogens is 1. The molecule has 0 amide bonds. The van der Waals surface area contributed by atoms with E-state index >= 15 is 0 Å². The number of hydrogen-bond acceptors (Lipinski definition) is 2. The van der Waals surface area contributed by atoms with Crippen LogP contribution >= 0.6 is 15.9 Å². The summed E-state index contributed by atoms with van der Waals surface area (Å²) in [4.78, 5) is 0. The van der Waals surface area contributed by atoms with E-state index in [4.69, 9.17) is 5.73 Å². The van der Waals surface area contributed by atoms with Gasteiger partial charge in [0, 0.05) is 10.2 Å². The molecule has 0 aliphatic heterocycles. The van der Waals surface area contributed by atoms with Crippen LogP contribution < -0.4 is 5.73 Å². The summed E-state index contributed by atoms with van der Waals surface area (Å²) in [7, 11) is 0. The number of rotatable bonds is 3. The smallest absolute Gasteiger partial charge is 0.0660 e. The van der Waals surface area contributed by atoms with Gasteiger partial charge in [-0.3, -0.25) is 0 Å². The van der Waals surface area contributed by atoms with Gasteiger partial charge in [0.15, 0.2) is 0 Å². The third-order valence-corrected chi connectivity index (χ3v) is 4.09. The largest absolute Gasteiger partial charge is 0.330 e. The number of aryl methyl sites for hydroxylation is 2. The Hall–Kier alpha value is -1.13. The third-order valence-electron chi connectivity index (χ3n) is 3.24. The van der Waals surface area contributed by atoms with Gasteiger partial charge in [-0.05, 0) is 57.0 Å². The van der Waals surface area contributed by atoms with Crippen LogP contribution in [0.15, 0.2) is 22.7 Å². The van der Waals surface area contributed by atoms with Crippen molar-refractivity contribution in [1.82, 2.24) is 9.78 Å². The number of nitrogens with two attached hydrogens (primary N) is 1. The van der Waals surface area contributed by atoms with Crippen LogP contribution in [0, 0.1) is 20.8 Å². The molecule has 2 N–H and O–H groups in total. The van der Waals surface area contributed by atoms with Crippen molar-refractivity contribution < 1.29 is 0 Å². The van der Waals surface area contributed by atoms with E-state index in [-0.39, 0.29) is 0 Å². The molecule has 0 unspecified atom stereocenters. The van der Waals surface area contributed by atoms with Crippen molar-refractivity contribution in [3.05, 3.63) is 45.2 Å². The van der Waals surface area contributed by atoms with Gasteiger partial charge in [0.1, 0.15) is 0 Å². The lowest BCUT2D eigenvalue weighted by Gasteiger charge is -2.07. The summed E-state index contributed by atoms with van der Waals surface area (Å²) in [6.45, 7) is 6.87. The van der Waals surface area contributed by atoms with E-state index in [1.165, 1.54) is 16.8 Å². The van der Waals surface area contributed by atoms with E-state index in [1.807, 2.05) is 11.6 Å². The van der Waals surface area contributed by atoms with Crippen LogP contribution in [0.4, 0.5) is 0 Å². The minimum atomic E-state index is 0.658. The van der Waals surface area contributed by atoms with Crippen molar-refractivity contribution in [2.75, 3.05) is 6.54 Å². The van der Waals surface area contributed by atoms with Crippen molar-refractivity contribution in [1.29, 1.82) is 0 Å². The summed E-state index contributed by atoms with van der Waals surface area (Å²) in [6, 6.07) is 6.28. The molecule has 4 heteroatoms. The van der Waals surface area contributed by atoms with Gasteiger partial charge >= 0.3 is 0 Å². The molecular formula is C14H18BrN3. The maximum Gasteiger partial charge on any atom is 0.0660 e. The molecule has 0 fully saturated rings. The molecule has 3 nitrogen and oxygen atoms in total. The van der Waals surface area contributed by atoms with E-state index in [2.05, 4.69) is 53.1 Å². The molecule has 0 saturated carbocycles. The lowest BCUT2D eigenvalue weighted by Crippen LogP contribution is -2.05. The van der Waals surface area contributed by atoms with Crippen LogP contribution in [0.1, 0.15) is 22.5 Å². The first-order valence-electron chi connectivity index (χ1n) is 6.06. The summed E-state index contributed by atoms with van der Waals surface area (Å²) in [6.07, 6.45) is 0.880. The monoisotopic (exact) mass is 307 g/mol. The van der Waals surface area contributed by atoms with Crippen molar-refractivity contribution in [2.24, 2.45) is 5.73 Å². The molecular weight excluding hydrogens is 290 g/mol. The van der Waals surface area contributed by atoms with E-state index in [9.17, 15) is 0 Å². The summed E-state index contributed by atoms with van der Waals surface area (Å²) >= 11 is 3.56. The second-order valence-electron chi connectivity index (χ2n) is 4.53. The molecule has 96 valence electrons. The van der Waals surface area contributed by atoms with Crippen LogP contribution in [-0.2, 0) is 6.42 Å². The first-order chi connectivity index (χ1) is 8.54. The molecule has 0 spiro atoms. The molecule has 0 radical (unpaired) electrons. The molecule has 18 heavy (non-hydrogen) atoms. The molecule has 1 aromatic carbocycles. The zero-order valence-corrected chi connectivity index (χ0v) is 12.6. The van der Waals surface area contributed by atoms with Gasteiger partial charge in [-0.1, -0.05) is 22.0 Å². The fourth-order valence-corrected chi connectivity index (χ4v) is 2.51. The Labute approximate surface area is 116 Å². The van der Waals surface area contributed by atoms with E-state index < -0.39 is 0 Å². The van der Waals surface area contributed by atoms with Gasteiger partial charge in [0.05, 0.1) is 11.4 Å². The first-order valence-corrected chi connectivity index (χ1v) is 6.85. The van der Waals surface area contributed by atoms with Crippen LogP contribution in [-0.4, -0.2) is 16.3 Å². The van der Waals surface area contributed by atoms with Gasteiger partial charge < -0.3 is 5.73 Å². The summed E-state index contributed by atoms with van der Waals surface area (Å²) in [5.41, 5.74) is 11.4. The Kier molecular flexibility index (Phi) is 3.88. The topological polar surface area (TPSA) is 43.8 Å². The summed E-state index contributed by atoms with van der Waals surface area (Å²) in [5.74, 6) is 0. The minimum absolute atomic E-state index is 0.658. The Morgan fingerprint density at radius 3 is 2.61 bits per heavy atom. The summed E-state index contributed by atoms with van der Waals surface area (Å²) < 4.78 is 3.10. The highest BCUT2D eigenvalue weighted by Crippen LogP contribution is 2.23. The number of benzene rings is 1. The molecule has 0 bridgehead atoms. The Morgan fingerprint density at radius 1 is 1.28 bits per heavy atom. The number of nitrogens with zero attached hydrogens (tertiary/aromatic N) is 2. The molecule has 0 aliphatic rings. The van der Waals surface area contributed by atoms with Crippen molar-refractivity contribution in [3.8, 4) is 5.69 Å². The molecule has 1 heterocycles. The highest BCUT2D eigenvalue weighted by molar-refractivity contribution is 9.10. The fourth-order valence-electron chi connectivity index (χ4n) is 2.15. The first kappa shape index (κ1) is 13.3. The molecule has 0 aliphatic carbocycles. The minimum Gasteiger partial charge on any atom is -0.330 e. The zero-order valence-electron chi connectivity index (χ0n) is 11.0. The molecule has 0 atom stereocenters.